The molecule has 0 radical (unpaired) electrons. The highest BCUT2D eigenvalue weighted by Gasteiger charge is 2.38. The number of ether oxygens (including phenoxy) is 2. The number of nitrogens with one attached hydrogen (secondary N) is 1. The third-order valence-corrected chi connectivity index (χ3v) is 4.29. The van der Waals surface area contributed by atoms with Crippen LogP contribution in [0, 0.1) is 13.7 Å². The van der Waals surface area contributed by atoms with Crippen LogP contribution in [0.1, 0.15) is 0 Å². The summed E-state index contributed by atoms with van der Waals surface area (Å²) in [5.41, 5.74) is -2.34. The summed E-state index contributed by atoms with van der Waals surface area (Å²) in [7, 11) is 1.03. The summed E-state index contributed by atoms with van der Waals surface area (Å²) >= 11 is 1.57. The second kappa shape index (κ2) is 8.81. The number of rotatable bonds is 7. The minimum atomic E-state index is -5.17. The number of nitro groups is 1. The minimum absolute atomic E-state index is 0.0703. The number of alkyl halides is 3. The van der Waals surface area contributed by atoms with E-state index in [2.05, 4.69) is 14.8 Å². The highest BCUT2D eigenvalue weighted by atomic mass is 127. The third-order valence-electron chi connectivity index (χ3n) is 3.67. The molecule has 1 aromatic carbocycles. The van der Waals surface area contributed by atoms with Crippen LogP contribution in [-0.2, 0) is 14.3 Å². The molecule has 2 N–H and O–H groups in total. The summed E-state index contributed by atoms with van der Waals surface area (Å²) in [5, 5.41) is 22.7. The van der Waals surface area contributed by atoms with Crippen molar-refractivity contribution < 1.29 is 42.3 Å². The Morgan fingerprint density at radius 3 is 2.62 bits per heavy atom. The second-order valence-corrected chi connectivity index (χ2v) is 6.77. The molecule has 1 aromatic rings. The largest absolute Gasteiger partial charge is 0.573 e. The minimum Gasteiger partial charge on any atom is -0.466 e. The molecule has 0 unspecified atom stereocenters. The molecule has 1 aliphatic rings. The lowest BCUT2D eigenvalue weighted by Gasteiger charge is -2.17. The standard InChI is InChI=1S/C15H13F3IN3O7/c1-28-14(25)8-6-21(2-3-23)13(24)11(8)20-12-9(22(26)27)4-7(19)5-10(12)29-15(16,17)18/h4-5,20,23H,2-3,6H2,1H3. The predicted molar refractivity (Wildman–Crippen MR) is 98.8 cm³/mol. The summed E-state index contributed by atoms with van der Waals surface area (Å²) in [4.78, 5) is 36.0. The van der Waals surface area contributed by atoms with Crippen molar-refractivity contribution in [1.82, 2.24) is 4.90 Å². The number of carbonyl (C=O) groups is 2. The van der Waals surface area contributed by atoms with E-state index in [1.807, 2.05) is 0 Å². The van der Waals surface area contributed by atoms with Crippen LogP contribution in [0.5, 0.6) is 5.75 Å². The quantitative estimate of drug-likeness (QED) is 0.236. The zero-order valence-electron chi connectivity index (χ0n) is 14.6. The molecule has 14 heteroatoms. The van der Waals surface area contributed by atoms with Gasteiger partial charge in [-0.2, -0.15) is 0 Å². The number of hydrogen-bond donors (Lipinski definition) is 2. The lowest BCUT2D eigenvalue weighted by Crippen LogP contribution is -2.31. The Morgan fingerprint density at radius 1 is 1.45 bits per heavy atom. The molecule has 0 aliphatic carbocycles. The summed E-state index contributed by atoms with van der Waals surface area (Å²) in [5.74, 6) is -2.78. The number of esters is 1. The van der Waals surface area contributed by atoms with E-state index in [9.17, 15) is 32.9 Å². The first-order valence-electron chi connectivity index (χ1n) is 7.70. The van der Waals surface area contributed by atoms with E-state index < -0.39 is 52.6 Å². The normalized spacial score (nSPS) is 14.3. The van der Waals surface area contributed by atoms with Crippen LogP contribution in [0.15, 0.2) is 23.4 Å². The van der Waals surface area contributed by atoms with Crippen molar-refractivity contribution >= 4 is 45.8 Å². The number of methoxy groups -OCH3 is 1. The molecule has 0 saturated carbocycles. The van der Waals surface area contributed by atoms with E-state index >= 15 is 0 Å². The maximum absolute atomic E-state index is 12.8. The van der Waals surface area contributed by atoms with Gasteiger partial charge in [-0.05, 0) is 28.7 Å². The smallest absolute Gasteiger partial charge is 0.466 e. The van der Waals surface area contributed by atoms with Gasteiger partial charge < -0.3 is 24.8 Å². The Labute approximate surface area is 174 Å². The van der Waals surface area contributed by atoms with Gasteiger partial charge >= 0.3 is 12.3 Å². The van der Waals surface area contributed by atoms with Crippen molar-refractivity contribution in [1.29, 1.82) is 0 Å². The van der Waals surface area contributed by atoms with Crippen LogP contribution < -0.4 is 10.1 Å². The van der Waals surface area contributed by atoms with Crippen LogP contribution in [0.25, 0.3) is 0 Å². The molecule has 0 bridgehead atoms. The van der Waals surface area contributed by atoms with Crippen LogP contribution >= 0.6 is 22.6 Å². The fourth-order valence-electron chi connectivity index (χ4n) is 2.52. The highest BCUT2D eigenvalue weighted by Crippen LogP contribution is 2.41. The van der Waals surface area contributed by atoms with Crippen molar-refractivity contribution in [2.24, 2.45) is 0 Å². The molecule has 2 rings (SSSR count). The Kier molecular flexibility index (Phi) is 6.89. The molecule has 1 aliphatic heterocycles. The third kappa shape index (κ3) is 5.26. The van der Waals surface area contributed by atoms with Gasteiger partial charge in [-0.15, -0.1) is 13.2 Å². The van der Waals surface area contributed by atoms with Gasteiger partial charge in [0.2, 0.25) is 0 Å². The first-order valence-corrected chi connectivity index (χ1v) is 8.78. The first-order chi connectivity index (χ1) is 13.5. The van der Waals surface area contributed by atoms with Crippen LogP contribution in [0.3, 0.4) is 0 Å². The molecule has 1 amide bonds. The number of carbonyl (C=O) groups excluding carboxylic acids is 2. The van der Waals surface area contributed by atoms with Gasteiger partial charge in [0.1, 0.15) is 5.70 Å². The number of nitro benzene ring substituents is 1. The van der Waals surface area contributed by atoms with E-state index in [1.165, 1.54) is 0 Å². The van der Waals surface area contributed by atoms with Gasteiger partial charge in [-0.1, -0.05) is 0 Å². The number of β-amino-alcohol motifs (C(OH)–C–C–N with tert-alkyl or cyclic N) is 1. The van der Waals surface area contributed by atoms with E-state index in [0.29, 0.717) is 0 Å². The highest BCUT2D eigenvalue weighted by molar-refractivity contribution is 14.1. The van der Waals surface area contributed by atoms with Gasteiger partial charge in [0.05, 0.1) is 30.8 Å². The van der Waals surface area contributed by atoms with Crippen molar-refractivity contribution in [2.75, 3.05) is 32.1 Å². The van der Waals surface area contributed by atoms with Crippen LogP contribution in [0.2, 0.25) is 0 Å². The molecule has 10 nitrogen and oxygen atoms in total. The van der Waals surface area contributed by atoms with E-state index in [0.717, 1.165) is 24.1 Å². The number of anilines is 1. The fourth-order valence-corrected chi connectivity index (χ4v) is 3.09. The van der Waals surface area contributed by atoms with Gasteiger partial charge in [0.25, 0.3) is 11.6 Å². The van der Waals surface area contributed by atoms with Gasteiger partial charge in [0, 0.05) is 16.2 Å². The molecular weight excluding hydrogens is 518 g/mol. The Bertz CT molecular complexity index is 889. The molecule has 0 saturated heterocycles. The van der Waals surface area contributed by atoms with E-state index in [-0.39, 0.29) is 22.2 Å². The topological polar surface area (TPSA) is 131 Å². The maximum atomic E-state index is 12.8. The van der Waals surface area contributed by atoms with Crippen molar-refractivity contribution in [3.05, 3.63) is 37.1 Å². The molecule has 0 atom stereocenters. The summed E-state index contributed by atoms with van der Waals surface area (Å²) in [6.45, 7) is -0.924. The lowest BCUT2D eigenvalue weighted by molar-refractivity contribution is -0.384. The molecule has 29 heavy (non-hydrogen) atoms. The number of benzene rings is 1. The Balaban J connectivity index is 2.61. The van der Waals surface area contributed by atoms with E-state index in [4.69, 9.17) is 5.11 Å². The molecule has 0 spiro atoms. The molecular formula is C15H13F3IN3O7. The summed E-state index contributed by atoms with van der Waals surface area (Å²) in [6, 6.07) is 1.85. The Morgan fingerprint density at radius 2 is 2.10 bits per heavy atom. The second-order valence-electron chi connectivity index (χ2n) is 5.52. The number of hydrogen-bond acceptors (Lipinski definition) is 8. The number of nitrogens with zero attached hydrogens (tertiary/aromatic N) is 2. The first kappa shape index (κ1) is 22.7. The molecule has 0 fully saturated rings. The molecule has 0 aromatic heterocycles. The zero-order chi connectivity index (χ0) is 21.9. The fraction of sp³-hybridized carbons (Fsp3) is 0.333. The number of aliphatic hydroxyl groups excluding tert-OH is 1. The summed E-state index contributed by atoms with van der Waals surface area (Å²) in [6.07, 6.45) is -5.17. The molecule has 1 heterocycles. The van der Waals surface area contributed by atoms with Crippen molar-refractivity contribution in [2.45, 2.75) is 6.36 Å². The van der Waals surface area contributed by atoms with Gasteiger partial charge in [0.15, 0.2) is 11.4 Å². The number of halogens is 4. The van der Waals surface area contributed by atoms with Gasteiger partial charge in [-0.3, -0.25) is 14.9 Å². The SMILES string of the molecule is COC(=O)C1=C(Nc2c(OC(F)(F)F)cc(I)cc2[N+](=O)[O-])C(=O)N(CCO)C1. The lowest BCUT2D eigenvalue weighted by atomic mass is 10.2. The monoisotopic (exact) mass is 531 g/mol. The summed E-state index contributed by atoms with van der Waals surface area (Å²) < 4.78 is 46.9. The average molecular weight is 531 g/mol. The Hall–Kier alpha value is -2.62. The van der Waals surface area contributed by atoms with Crippen LogP contribution in [-0.4, -0.2) is 60.0 Å². The van der Waals surface area contributed by atoms with Crippen LogP contribution in [0.4, 0.5) is 24.5 Å². The zero-order valence-corrected chi connectivity index (χ0v) is 16.7. The maximum Gasteiger partial charge on any atom is 0.573 e. The van der Waals surface area contributed by atoms with E-state index in [1.54, 1.807) is 22.6 Å². The molecule has 158 valence electrons. The number of aliphatic hydroxyl groups is 1. The van der Waals surface area contributed by atoms with Crippen molar-refractivity contribution in [3.8, 4) is 5.75 Å². The predicted octanol–water partition coefficient (Wildman–Crippen LogP) is 1.77. The van der Waals surface area contributed by atoms with Gasteiger partial charge in [-0.25, -0.2) is 4.79 Å². The number of amides is 1. The van der Waals surface area contributed by atoms with Crippen molar-refractivity contribution in [3.63, 3.8) is 0 Å². The average Bonchev–Trinajstić information content (AvgIpc) is 2.91.